The first-order chi connectivity index (χ1) is 36.2. The zero-order valence-corrected chi connectivity index (χ0v) is 46.4. The lowest BCUT2D eigenvalue weighted by Gasteiger charge is -2.43. The highest BCUT2D eigenvalue weighted by Crippen LogP contribution is 2.38. The number of esters is 1. The standard InChI is InChI=1S/C58H89NO17/c1-33-15-11-10-12-16-34(2)46(71-23-24-72-49-32-74-52-45(62)31-73-53(49)52)29-41-20-18-39(7)58(68,76-41)55(65)56(66)59-22-14-13-17-42(59)57(67)75-47(36(4)27-40-19-21-43(60)48(28-40)69-8)30-44(61)35(3)26-38(6)51(64)54(70-9)50(63)37(5)25-33/h10-12,15-16,26,33,35-37,39-43,45-49,51-54,60,62,64,68H,13-14,17-25,27-32H2,1-9H3/b12-10?,15-11+,34-16?,38-26+/t33-,35-,36-,37-,39-,40+,41+,42+,43-,45-,46+,47+,48-,49-,51-,52-,53-,54+,58-/m1/s1. The number of fused-ring (bicyclic) bond motifs is 4. The van der Waals surface area contributed by atoms with Crippen LogP contribution in [0.5, 0.6) is 0 Å². The van der Waals surface area contributed by atoms with E-state index in [0.29, 0.717) is 63.4 Å². The van der Waals surface area contributed by atoms with Crippen LogP contribution in [0.3, 0.4) is 0 Å². The summed E-state index contributed by atoms with van der Waals surface area (Å²) < 4.78 is 47.8. The molecular weight excluding hydrogens is 983 g/mol. The lowest BCUT2D eigenvalue weighted by Crippen LogP contribution is -2.61. The maximum atomic E-state index is 14.5. The molecule has 5 fully saturated rings. The Hall–Kier alpha value is -3.53. The molecule has 0 aromatic carbocycles. The molecule has 428 valence electrons. The Morgan fingerprint density at radius 2 is 1.53 bits per heavy atom. The Bertz CT molecular complexity index is 2090. The summed E-state index contributed by atoms with van der Waals surface area (Å²) in [7, 11) is 2.93. The molecule has 4 N–H and O–H groups in total. The fourth-order valence-electron chi connectivity index (χ4n) is 12.0. The molecule has 0 aromatic heterocycles. The van der Waals surface area contributed by atoms with E-state index in [1.54, 1.807) is 40.9 Å². The van der Waals surface area contributed by atoms with Gasteiger partial charge in [-0.15, -0.1) is 0 Å². The molecular formula is C58H89NO17. The van der Waals surface area contributed by atoms with Crippen LogP contribution in [0.15, 0.2) is 47.6 Å². The fourth-order valence-corrected chi connectivity index (χ4v) is 12.0. The highest BCUT2D eigenvalue weighted by Gasteiger charge is 2.53. The first-order valence-corrected chi connectivity index (χ1v) is 28.0. The number of rotatable bonds is 10. The van der Waals surface area contributed by atoms with E-state index >= 15 is 0 Å². The van der Waals surface area contributed by atoms with Crippen molar-refractivity contribution < 1.29 is 82.3 Å². The van der Waals surface area contributed by atoms with E-state index in [4.69, 9.17) is 37.9 Å². The smallest absolute Gasteiger partial charge is 0.329 e. The summed E-state index contributed by atoms with van der Waals surface area (Å²) in [5.74, 6) is -8.40. The van der Waals surface area contributed by atoms with Gasteiger partial charge >= 0.3 is 5.97 Å². The van der Waals surface area contributed by atoms with Gasteiger partial charge < -0.3 is 63.2 Å². The Labute approximate surface area is 449 Å². The number of amides is 1. The number of aliphatic hydroxyl groups is 4. The van der Waals surface area contributed by atoms with Crippen molar-refractivity contribution in [3.05, 3.63) is 47.6 Å². The van der Waals surface area contributed by atoms with Crippen molar-refractivity contribution in [2.24, 2.45) is 35.5 Å². The molecule has 1 amide bonds. The number of methoxy groups -OCH3 is 2. The fraction of sp³-hybridized carbons (Fsp3) is 0.776. The molecule has 2 bridgehead atoms. The Balaban J connectivity index is 1.28. The van der Waals surface area contributed by atoms with Crippen molar-refractivity contribution >= 4 is 29.2 Å². The third-order valence-corrected chi connectivity index (χ3v) is 16.9. The monoisotopic (exact) mass is 1070 g/mol. The summed E-state index contributed by atoms with van der Waals surface area (Å²) in [6, 6.07) is -1.18. The quantitative estimate of drug-likeness (QED) is 0.0963. The first-order valence-electron chi connectivity index (χ1n) is 28.0. The van der Waals surface area contributed by atoms with Crippen LogP contribution < -0.4 is 0 Å². The van der Waals surface area contributed by atoms with Crippen molar-refractivity contribution in [1.29, 1.82) is 0 Å². The second kappa shape index (κ2) is 28.6. The summed E-state index contributed by atoms with van der Waals surface area (Å²) in [5.41, 5.74) is 1.18. The largest absolute Gasteiger partial charge is 0.460 e. The van der Waals surface area contributed by atoms with E-state index in [2.05, 4.69) is 0 Å². The van der Waals surface area contributed by atoms with E-state index in [1.807, 2.05) is 51.2 Å². The number of carbonyl (C=O) groups excluding carboxylic acids is 5. The molecule has 1 aliphatic carbocycles. The number of allylic oxidation sites excluding steroid dienone is 6. The van der Waals surface area contributed by atoms with Gasteiger partial charge in [-0.3, -0.25) is 19.2 Å². The second-order valence-corrected chi connectivity index (χ2v) is 22.8. The number of aliphatic hydroxyl groups excluding tert-OH is 3. The maximum Gasteiger partial charge on any atom is 0.329 e. The summed E-state index contributed by atoms with van der Waals surface area (Å²) in [6.07, 6.45) is 8.36. The number of nitrogens with zero attached hydrogens (tertiary/aromatic N) is 1. The lowest BCUT2D eigenvalue weighted by molar-refractivity contribution is -0.266. The molecule has 76 heavy (non-hydrogen) atoms. The van der Waals surface area contributed by atoms with Gasteiger partial charge in [0.2, 0.25) is 5.79 Å². The van der Waals surface area contributed by atoms with Gasteiger partial charge in [-0.2, -0.15) is 0 Å². The second-order valence-electron chi connectivity index (χ2n) is 22.8. The Morgan fingerprint density at radius 3 is 2.26 bits per heavy atom. The van der Waals surface area contributed by atoms with E-state index in [-0.39, 0.29) is 99.9 Å². The molecule has 5 aliphatic heterocycles. The molecule has 18 heteroatoms. The van der Waals surface area contributed by atoms with Crippen molar-refractivity contribution in [2.75, 3.05) is 47.2 Å². The van der Waals surface area contributed by atoms with Gasteiger partial charge in [0.1, 0.15) is 54.6 Å². The molecule has 4 saturated heterocycles. The molecule has 6 aliphatic rings. The number of hydrogen-bond acceptors (Lipinski definition) is 17. The van der Waals surface area contributed by atoms with Crippen LogP contribution >= 0.6 is 0 Å². The van der Waals surface area contributed by atoms with Crippen molar-refractivity contribution in [1.82, 2.24) is 4.90 Å². The van der Waals surface area contributed by atoms with Gasteiger partial charge in [-0.05, 0) is 107 Å². The lowest BCUT2D eigenvalue weighted by atomic mass is 9.78. The van der Waals surface area contributed by atoms with Gasteiger partial charge in [0.25, 0.3) is 11.7 Å². The molecule has 0 spiro atoms. The molecule has 18 nitrogen and oxygen atoms in total. The third kappa shape index (κ3) is 15.6. The topological polar surface area (TPSA) is 243 Å². The van der Waals surface area contributed by atoms with Crippen LogP contribution in [0.2, 0.25) is 0 Å². The number of carbonyl (C=O) groups is 5. The molecule has 5 heterocycles. The minimum Gasteiger partial charge on any atom is -0.460 e. The Kier molecular flexibility index (Phi) is 23.2. The molecule has 19 atom stereocenters. The average molecular weight is 1070 g/mol. The minimum atomic E-state index is -2.51. The summed E-state index contributed by atoms with van der Waals surface area (Å²) >= 11 is 0. The van der Waals surface area contributed by atoms with Crippen LogP contribution in [0.4, 0.5) is 0 Å². The first kappa shape index (κ1) is 61.7. The number of hydrogen-bond donors (Lipinski definition) is 4. The molecule has 0 unspecified atom stereocenters. The maximum absolute atomic E-state index is 14.5. The van der Waals surface area contributed by atoms with Crippen LogP contribution in [0.1, 0.15) is 126 Å². The molecule has 1 saturated carbocycles. The highest BCUT2D eigenvalue weighted by molar-refractivity contribution is 6.39. The van der Waals surface area contributed by atoms with Crippen molar-refractivity contribution in [3.8, 4) is 0 Å². The molecule has 6 rings (SSSR count). The van der Waals surface area contributed by atoms with Gasteiger partial charge in [-0.1, -0.05) is 71.1 Å². The zero-order valence-electron chi connectivity index (χ0n) is 46.4. The SMILES string of the molecule is CO[C@@H]1C[C@H](C[C@@H](C)[C@@H]2CC(=O)[C@H](C)/C=C(\C)[C@@H](O)[C@@H](OC)C(=O)[C@H](C)C[C@H](C)/C=C/C=CC=C(C)[C@@H](OCCO[C@@H]3CO[C@H]4[C@@H]3OC[C@H]4O)C[C@@H]3CC[C@@H](C)[C@@](O)(O3)C(=O)C(=O)N3CCCC[C@H]3C(=O)O2)CC[C@H]1O. The van der Waals surface area contributed by atoms with Crippen molar-refractivity contribution in [3.63, 3.8) is 0 Å². The van der Waals surface area contributed by atoms with Gasteiger partial charge in [0.05, 0.1) is 50.8 Å². The van der Waals surface area contributed by atoms with Crippen LogP contribution in [-0.4, -0.2) is 181 Å². The number of ketones is 3. The third-order valence-electron chi connectivity index (χ3n) is 16.9. The highest BCUT2D eigenvalue weighted by atomic mass is 16.6. The average Bonchev–Trinajstić information content (AvgIpc) is 3.99. The van der Waals surface area contributed by atoms with E-state index in [0.717, 1.165) is 5.57 Å². The Morgan fingerprint density at radius 1 is 0.789 bits per heavy atom. The normalized spacial score (nSPS) is 40.9. The minimum absolute atomic E-state index is 0.0290. The van der Waals surface area contributed by atoms with E-state index < -0.39 is 96.1 Å². The predicted octanol–water partition coefficient (Wildman–Crippen LogP) is 5.09. The molecule has 0 aromatic rings. The van der Waals surface area contributed by atoms with E-state index in [9.17, 15) is 44.4 Å². The van der Waals surface area contributed by atoms with Gasteiger partial charge in [0, 0.05) is 51.4 Å². The van der Waals surface area contributed by atoms with E-state index in [1.165, 1.54) is 12.0 Å². The van der Waals surface area contributed by atoms with Gasteiger partial charge in [-0.25, -0.2) is 4.79 Å². The zero-order chi connectivity index (χ0) is 55.4. The van der Waals surface area contributed by atoms with Crippen LogP contribution in [0.25, 0.3) is 0 Å². The molecule has 0 radical (unpaired) electrons. The van der Waals surface area contributed by atoms with Crippen LogP contribution in [-0.2, 0) is 61.9 Å². The van der Waals surface area contributed by atoms with Crippen LogP contribution in [0, 0.1) is 35.5 Å². The number of cyclic esters (lactones) is 1. The predicted molar refractivity (Wildman–Crippen MR) is 279 cm³/mol. The summed E-state index contributed by atoms with van der Waals surface area (Å²) in [5, 5.41) is 44.5. The number of ether oxygens (including phenoxy) is 8. The summed E-state index contributed by atoms with van der Waals surface area (Å²) in [6.45, 7) is 13.4. The number of Topliss-reactive ketones (excluding diaryl/α,β-unsaturated/α-hetero) is 3. The van der Waals surface area contributed by atoms with Gasteiger partial charge in [0.15, 0.2) is 5.78 Å². The summed E-state index contributed by atoms with van der Waals surface area (Å²) in [4.78, 5) is 72.8. The van der Waals surface area contributed by atoms with Crippen molar-refractivity contribution in [2.45, 2.75) is 204 Å². The number of piperidine rings is 1.